The summed E-state index contributed by atoms with van der Waals surface area (Å²) in [7, 11) is 1.72. The Bertz CT molecular complexity index is 790. The number of nitrogens with one attached hydrogen (secondary N) is 1. The zero-order valence-electron chi connectivity index (χ0n) is 14.5. The molecular weight excluding hydrogens is 334 g/mol. The van der Waals surface area contributed by atoms with Crippen LogP contribution < -0.4 is 5.32 Å². The molecule has 25 heavy (non-hydrogen) atoms. The minimum atomic E-state index is -0.0649. The van der Waals surface area contributed by atoms with Gasteiger partial charge in [0.05, 0.1) is 12.1 Å². The van der Waals surface area contributed by atoms with E-state index in [-0.39, 0.29) is 18.4 Å². The van der Waals surface area contributed by atoms with Gasteiger partial charge in [0.25, 0.3) is 5.91 Å². The molecule has 1 fully saturated rings. The lowest BCUT2D eigenvalue weighted by molar-refractivity contribution is -0.121. The van der Waals surface area contributed by atoms with Crippen molar-refractivity contribution in [3.05, 3.63) is 40.5 Å². The van der Waals surface area contributed by atoms with Crippen LogP contribution in [0.25, 0.3) is 5.00 Å². The zero-order valence-corrected chi connectivity index (χ0v) is 15.3. The van der Waals surface area contributed by atoms with Crippen molar-refractivity contribution < 1.29 is 9.59 Å². The number of nitrogens with zero attached hydrogens (tertiary/aromatic N) is 2. The second kappa shape index (κ2) is 6.67. The maximum Gasteiger partial charge on any atom is 0.257 e. The van der Waals surface area contributed by atoms with Crippen molar-refractivity contribution in [3.8, 4) is 5.00 Å². The second-order valence-corrected chi connectivity index (χ2v) is 8.07. The van der Waals surface area contributed by atoms with Gasteiger partial charge < -0.3 is 14.8 Å². The van der Waals surface area contributed by atoms with Crippen LogP contribution >= 0.6 is 11.3 Å². The Hall–Kier alpha value is -2.08. The number of likely N-dealkylation sites (N-methyl/N-ethyl adjacent to an activating group) is 1. The molecule has 0 radical (unpaired) electrons. The van der Waals surface area contributed by atoms with Crippen molar-refractivity contribution in [2.75, 3.05) is 13.6 Å². The van der Waals surface area contributed by atoms with Crippen molar-refractivity contribution >= 4 is 23.2 Å². The average molecular weight is 357 g/mol. The van der Waals surface area contributed by atoms with Crippen molar-refractivity contribution in [2.45, 2.75) is 44.6 Å². The zero-order chi connectivity index (χ0) is 17.4. The molecule has 1 N–H and O–H groups in total. The lowest BCUT2D eigenvalue weighted by Crippen LogP contribution is -2.39. The third-order valence-corrected chi connectivity index (χ3v) is 6.18. The molecule has 2 aliphatic carbocycles. The lowest BCUT2D eigenvalue weighted by atomic mass is 9.95. The average Bonchev–Trinajstić information content (AvgIpc) is 3.12. The molecule has 5 nitrogen and oxygen atoms in total. The highest BCUT2D eigenvalue weighted by molar-refractivity contribution is 7.15. The minimum absolute atomic E-state index is 0.0472. The SMILES string of the molecule is CN(CC(=O)NC1CC1)C(=O)c1c(-n2cccc2)sc2c1CCCC2. The summed E-state index contributed by atoms with van der Waals surface area (Å²) in [5, 5.41) is 3.94. The Kier molecular flexibility index (Phi) is 4.37. The normalized spacial score (nSPS) is 16.4. The molecule has 0 bridgehead atoms. The fourth-order valence-corrected chi connectivity index (χ4v) is 4.75. The van der Waals surface area contributed by atoms with Crippen LogP contribution in [0.3, 0.4) is 0 Å². The molecule has 0 saturated heterocycles. The summed E-state index contributed by atoms with van der Waals surface area (Å²) in [6.07, 6.45) is 10.4. The Morgan fingerprint density at radius 3 is 2.68 bits per heavy atom. The molecule has 4 rings (SSSR count). The number of carbonyl (C=O) groups is 2. The van der Waals surface area contributed by atoms with Gasteiger partial charge in [0.1, 0.15) is 5.00 Å². The van der Waals surface area contributed by atoms with Gasteiger partial charge in [-0.25, -0.2) is 0 Å². The van der Waals surface area contributed by atoms with Crippen molar-refractivity contribution in [1.82, 2.24) is 14.8 Å². The molecule has 2 aromatic heterocycles. The molecule has 0 aliphatic heterocycles. The molecule has 2 amide bonds. The van der Waals surface area contributed by atoms with Crippen LogP contribution in [-0.4, -0.2) is 40.9 Å². The Labute approximate surface area is 151 Å². The number of thiophene rings is 1. The van der Waals surface area contributed by atoms with Gasteiger partial charge in [0, 0.05) is 30.4 Å². The standard InChI is InChI=1S/C19H23N3O2S/c1-21(12-16(23)20-13-8-9-13)18(24)17-14-6-2-3-7-15(14)25-19(17)22-10-4-5-11-22/h4-5,10-11,13H,2-3,6-9,12H2,1H3,(H,20,23). The Balaban J connectivity index is 1.62. The smallest absolute Gasteiger partial charge is 0.257 e. The van der Waals surface area contributed by atoms with Gasteiger partial charge >= 0.3 is 0 Å². The highest BCUT2D eigenvalue weighted by atomic mass is 32.1. The fourth-order valence-electron chi connectivity index (χ4n) is 3.40. The predicted octanol–water partition coefficient (Wildman–Crippen LogP) is 2.77. The summed E-state index contributed by atoms with van der Waals surface area (Å²) in [6, 6.07) is 4.26. The first-order chi connectivity index (χ1) is 12.1. The number of hydrogen-bond donors (Lipinski definition) is 1. The van der Waals surface area contributed by atoms with Gasteiger partial charge in [-0.15, -0.1) is 11.3 Å². The number of fused-ring (bicyclic) bond motifs is 1. The maximum atomic E-state index is 13.2. The van der Waals surface area contributed by atoms with E-state index in [9.17, 15) is 9.59 Å². The van der Waals surface area contributed by atoms with Gasteiger partial charge in [-0.3, -0.25) is 9.59 Å². The number of aryl methyl sites for hydroxylation is 1. The minimum Gasteiger partial charge on any atom is -0.352 e. The molecular formula is C19H23N3O2S. The van der Waals surface area contributed by atoms with Crippen LogP contribution in [0.15, 0.2) is 24.5 Å². The number of amides is 2. The van der Waals surface area contributed by atoms with E-state index in [1.807, 2.05) is 29.1 Å². The third kappa shape index (κ3) is 3.35. The van der Waals surface area contributed by atoms with Crippen LogP contribution in [0.1, 0.15) is 46.5 Å². The van der Waals surface area contributed by atoms with E-state index in [4.69, 9.17) is 0 Å². The first kappa shape index (κ1) is 16.4. The molecule has 132 valence electrons. The quantitative estimate of drug-likeness (QED) is 0.895. The predicted molar refractivity (Wildman–Crippen MR) is 98.4 cm³/mol. The van der Waals surface area contributed by atoms with Crippen LogP contribution in [-0.2, 0) is 17.6 Å². The summed E-state index contributed by atoms with van der Waals surface area (Å²) in [5.74, 6) is -0.112. The van der Waals surface area contributed by atoms with E-state index in [0.717, 1.165) is 42.7 Å². The van der Waals surface area contributed by atoms with Crippen LogP contribution in [0.2, 0.25) is 0 Å². The highest BCUT2D eigenvalue weighted by Crippen LogP contribution is 2.37. The van der Waals surface area contributed by atoms with Crippen molar-refractivity contribution in [1.29, 1.82) is 0 Å². The first-order valence-corrected chi connectivity index (χ1v) is 9.78. The van der Waals surface area contributed by atoms with Gasteiger partial charge in [-0.1, -0.05) is 0 Å². The van der Waals surface area contributed by atoms with Crippen molar-refractivity contribution in [3.63, 3.8) is 0 Å². The molecule has 0 spiro atoms. The monoisotopic (exact) mass is 357 g/mol. The first-order valence-electron chi connectivity index (χ1n) is 8.96. The summed E-state index contributed by atoms with van der Waals surface area (Å²) >= 11 is 1.72. The molecule has 2 aliphatic rings. The van der Waals surface area contributed by atoms with Crippen molar-refractivity contribution in [2.24, 2.45) is 0 Å². The summed E-state index contributed by atoms with van der Waals surface area (Å²) < 4.78 is 2.02. The van der Waals surface area contributed by atoms with E-state index < -0.39 is 0 Å². The van der Waals surface area contributed by atoms with Gasteiger partial charge in [-0.05, 0) is 56.2 Å². The second-order valence-electron chi connectivity index (χ2n) is 6.98. The van der Waals surface area contributed by atoms with Gasteiger partial charge in [0.15, 0.2) is 0 Å². The molecule has 2 heterocycles. The molecule has 0 aromatic carbocycles. The van der Waals surface area contributed by atoms with E-state index in [2.05, 4.69) is 5.32 Å². The Morgan fingerprint density at radius 1 is 1.24 bits per heavy atom. The molecule has 0 atom stereocenters. The highest BCUT2D eigenvalue weighted by Gasteiger charge is 2.29. The fraction of sp³-hybridized carbons (Fsp3) is 0.474. The van der Waals surface area contributed by atoms with E-state index in [1.165, 1.54) is 16.9 Å². The van der Waals surface area contributed by atoms with Gasteiger partial charge in [-0.2, -0.15) is 0 Å². The van der Waals surface area contributed by atoms with Crippen LogP contribution in [0, 0.1) is 0 Å². The number of aromatic nitrogens is 1. The number of hydrogen-bond acceptors (Lipinski definition) is 3. The maximum absolute atomic E-state index is 13.2. The van der Waals surface area contributed by atoms with E-state index >= 15 is 0 Å². The van der Waals surface area contributed by atoms with E-state index in [1.54, 1.807) is 23.3 Å². The largest absolute Gasteiger partial charge is 0.352 e. The summed E-state index contributed by atoms with van der Waals surface area (Å²) in [5.41, 5.74) is 1.98. The van der Waals surface area contributed by atoms with Crippen LogP contribution in [0.5, 0.6) is 0 Å². The summed E-state index contributed by atoms with van der Waals surface area (Å²) in [6.45, 7) is 0.116. The van der Waals surface area contributed by atoms with E-state index in [0.29, 0.717) is 6.04 Å². The lowest BCUT2D eigenvalue weighted by Gasteiger charge is -2.19. The third-order valence-electron chi connectivity index (χ3n) is 4.88. The van der Waals surface area contributed by atoms with Gasteiger partial charge in [0.2, 0.25) is 5.91 Å². The molecule has 0 unspecified atom stereocenters. The Morgan fingerprint density at radius 2 is 1.96 bits per heavy atom. The number of carbonyl (C=O) groups excluding carboxylic acids is 2. The number of rotatable bonds is 5. The molecule has 6 heteroatoms. The summed E-state index contributed by atoms with van der Waals surface area (Å²) in [4.78, 5) is 28.1. The molecule has 1 saturated carbocycles. The topological polar surface area (TPSA) is 54.3 Å². The van der Waals surface area contributed by atoms with Crippen LogP contribution in [0.4, 0.5) is 0 Å². The molecule has 2 aromatic rings.